The number of aliphatic hydroxyl groups is 1. The first-order valence-electron chi connectivity index (χ1n) is 7.09. The molecule has 1 aliphatic carbocycles. The minimum absolute atomic E-state index is 0.00229. The Morgan fingerprint density at radius 1 is 1.25 bits per heavy atom. The summed E-state index contributed by atoms with van der Waals surface area (Å²) in [5, 5.41) is 22.6. The molecule has 0 heterocycles. The van der Waals surface area contributed by atoms with Crippen molar-refractivity contribution in [2.75, 3.05) is 12.3 Å². The van der Waals surface area contributed by atoms with E-state index in [0.29, 0.717) is 18.5 Å². The van der Waals surface area contributed by atoms with Gasteiger partial charge in [0.15, 0.2) is 0 Å². The lowest BCUT2D eigenvalue weighted by atomic mass is 9.94. The molecule has 0 bridgehead atoms. The molecule has 0 aliphatic heterocycles. The quantitative estimate of drug-likeness (QED) is 0.385. The van der Waals surface area contributed by atoms with Crippen molar-refractivity contribution >= 4 is 11.6 Å². The van der Waals surface area contributed by atoms with Crippen molar-refractivity contribution in [2.45, 2.75) is 44.1 Å². The van der Waals surface area contributed by atoms with Crippen molar-refractivity contribution in [1.82, 2.24) is 5.32 Å². The third-order valence-electron chi connectivity index (χ3n) is 3.89. The first-order chi connectivity index (χ1) is 9.50. The van der Waals surface area contributed by atoms with Gasteiger partial charge in [0.1, 0.15) is 5.75 Å². The first kappa shape index (κ1) is 14.7. The number of anilines is 1. The monoisotopic (exact) mass is 278 g/mol. The van der Waals surface area contributed by atoms with E-state index in [2.05, 4.69) is 5.32 Å². The Balaban J connectivity index is 1.99. The summed E-state index contributed by atoms with van der Waals surface area (Å²) in [4.78, 5) is 12.1. The smallest absolute Gasteiger partial charge is 0.253 e. The lowest BCUT2D eigenvalue weighted by Gasteiger charge is -2.26. The SMILES string of the molecule is Nc1ccc(O)cc1C(=O)NCC1(O)CCCCCC1. The molecular formula is C15H22N2O3. The molecule has 1 aliphatic rings. The van der Waals surface area contributed by atoms with Crippen molar-refractivity contribution in [3.63, 3.8) is 0 Å². The summed E-state index contributed by atoms with van der Waals surface area (Å²) < 4.78 is 0. The number of carbonyl (C=O) groups is 1. The Bertz CT molecular complexity index is 480. The summed E-state index contributed by atoms with van der Waals surface area (Å²) >= 11 is 0. The third kappa shape index (κ3) is 3.63. The molecule has 5 N–H and O–H groups in total. The van der Waals surface area contributed by atoms with E-state index < -0.39 is 5.60 Å². The number of phenolic OH excluding ortho intramolecular Hbond substituents is 1. The highest BCUT2D eigenvalue weighted by molar-refractivity contribution is 5.99. The average Bonchev–Trinajstić information content (AvgIpc) is 2.64. The van der Waals surface area contributed by atoms with Gasteiger partial charge in [-0.15, -0.1) is 0 Å². The highest BCUT2D eigenvalue weighted by Crippen LogP contribution is 2.26. The van der Waals surface area contributed by atoms with Crippen LogP contribution in [0.15, 0.2) is 18.2 Å². The minimum Gasteiger partial charge on any atom is -0.508 e. The van der Waals surface area contributed by atoms with Crippen LogP contribution in [0.5, 0.6) is 5.75 Å². The number of amides is 1. The number of benzene rings is 1. The standard InChI is InChI=1S/C15H22N2O3/c16-13-6-5-11(18)9-12(13)14(19)17-10-15(20)7-3-1-2-4-8-15/h5-6,9,18,20H,1-4,7-8,10,16H2,(H,17,19). The van der Waals surface area contributed by atoms with Crippen LogP contribution in [0.4, 0.5) is 5.69 Å². The number of nitrogens with two attached hydrogens (primary N) is 1. The van der Waals surface area contributed by atoms with Crippen molar-refractivity contribution in [3.05, 3.63) is 23.8 Å². The van der Waals surface area contributed by atoms with Crippen molar-refractivity contribution in [1.29, 1.82) is 0 Å². The lowest BCUT2D eigenvalue weighted by molar-refractivity contribution is 0.0246. The highest BCUT2D eigenvalue weighted by atomic mass is 16.3. The molecule has 0 atom stereocenters. The maximum atomic E-state index is 12.1. The van der Waals surface area contributed by atoms with Gasteiger partial charge in [0.2, 0.25) is 0 Å². The number of nitrogens with one attached hydrogen (secondary N) is 1. The molecule has 0 spiro atoms. The fraction of sp³-hybridized carbons (Fsp3) is 0.533. The van der Waals surface area contributed by atoms with E-state index in [1.807, 2.05) is 0 Å². The molecule has 2 rings (SSSR count). The number of nitrogen functional groups attached to an aromatic ring is 1. The van der Waals surface area contributed by atoms with Crippen molar-refractivity contribution in [3.8, 4) is 5.75 Å². The molecule has 110 valence electrons. The van der Waals surface area contributed by atoms with Crippen molar-refractivity contribution < 1.29 is 15.0 Å². The predicted molar refractivity (Wildman–Crippen MR) is 77.5 cm³/mol. The van der Waals surface area contributed by atoms with Gasteiger partial charge in [-0.05, 0) is 31.0 Å². The highest BCUT2D eigenvalue weighted by Gasteiger charge is 2.28. The second-order valence-corrected chi connectivity index (χ2v) is 5.59. The van der Waals surface area contributed by atoms with Crippen LogP contribution in [-0.4, -0.2) is 28.3 Å². The second kappa shape index (κ2) is 6.13. The number of hydrogen-bond donors (Lipinski definition) is 4. The summed E-state index contributed by atoms with van der Waals surface area (Å²) in [5.74, 6) is -0.367. The van der Waals surface area contributed by atoms with Crippen LogP contribution in [0.2, 0.25) is 0 Å². The summed E-state index contributed by atoms with van der Waals surface area (Å²) in [6.07, 6.45) is 5.67. The molecule has 20 heavy (non-hydrogen) atoms. The minimum atomic E-state index is -0.822. The van der Waals surface area contributed by atoms with Gasteiger partial charge in [-0.3, -0.25) is 4.79 Å². The Morgan fingerprint density at radius 2 is 1.90 bits per heavy atom. The first-order valence-corrected chi connectivity index (χ1v) is 7.09. The van der Waals surface area contributed by atoms with Gasteiger partial charge in [-0.2, -0.15) is 0 Å². The number of aromatic hydroxyl groups is 1. The van der Waals surface area contributed by atoms with Gasteiger partial charge in [-0.1, -0.05) is 25.7 Å². The van der Waals surface area contributed by atoms with Crippen LogP contribution in [-0.2, 0) is 0 Å². The Hall–Kier alpha value is -1.75. The Labute approximate surface area is 118 Å². The number of phenols is 1. The molecular weight excluding hydrogens is 256 g/mol. The number of rotatable bonds is 3. The maximum absolute atomic E-state index is 12.1. The second-order valence-electron chi connectivity index (χ2n) is 5.59. The van der Waals surface area contributed by atoms with Gasteiger partial charge >= 0.3 is 0 Å². The van der Waals surface area contributed by atoms with Crippen LogP contribution in [0, 0.1) is 0 Å². The van der Waals surface area contributed by atoms with Crippen LogP contribution in [0.1, 0.15) is 48.9 Å². The molecule has 0 saturated heterocycles. The van der Waals surface area contributed by atoms with Crippen LogP contribution >= 0.6 is 0 Å². The van der Waals surface area contributed by atoms with E-state index in [-0.39, 0.29) is 23.8 Å². The fourth-order valence-electron chi connectivity index (χ4n) is 2.64. The number of carbonyl (C=O) groups excluding carboxylic acids is 1. The molecule has 1 fully saturated rings. The van der Waals surface area contributed by atoms with E-state index in [0.717, 1.165) is 25.7 Å². The Morgan fingerprint density at radius 3 is 2.55 bits per heavy atom. The fourth-order valence-corrected chi connectivity index (χ4v) is 2.64. The molecule has 0 radical (unpaired) electrons. The molecule has 1 saturated carbocycles. The van der Waals surface area contributed by atoms with Gasteiger partial charge in [0.05, 0.1) is 11.2 Å². The summed E-state index contributed by atoms with van der Waals surface area (Å²) in [7, 11) is 0. The third-order valence-corrected chi connectivity index (χ3v) is 3.89. The van der Waals surface area contributed by atoms with Gasteiger partial charge in [-0.25, -0.2) is 0 Å². The van der Waals surface area contributed by atoms with Gasteiger partial charge in [0, 0.05) is 12.2 Å². The van der Waals surface area contributed by atoms with E-state index in [1.165, 1.54) is 18.2 Å². The lowest BCUT2D eigenvalue weighted by Crippen LogP contribution is -2.42. The molecule has 1 aromatic rings. The van der Waals surface area contributed by atoms with Gasteiger partial charge < -0.3 is 21.3 Å². The van der Waals surface area contributed by atoms with E-state index in [4.69, 9.17) is 5.73 Å². The molecule has 5 heteroatoms. The van der Waals surface area contributed by atoms with E-state index in [9.17, 15) is 15.0 Å². The zero-order valence-electron chi connectivity index (χ0n) is 11.6. The molecule has 1 amide bonds. The Kier molecular flexibility index (Phi) is 4.49. The molecule has 0 unspecified atom stereocenters. The largest absolute Gasteiger partial charge is 0.508 e. The van der Waals surface area contributed by atoms with Crippen LogP contribution in [0.25, 0.3) is 0 Å². The summed E-state index contributed by atoms with van der Waals surface area (Å²) in [5.41, 5.74) is 5.45. The average molecular weight is 278 g/mol. The summed E-state index contributed by atoms with van der Waals surface area (Å²) in [6.45, 7) is 0.223. The predicted octanol–water partition coefficient (Wildman–Crippen LogP) is 1.79. The zero-order chi connectivity index (χ0) is 14.6. The summed E-state index contributed by atoms with van der Waals surface area (Å²) in [6, 6.07) is 4.26. The van der Waals surface area contributed by atoms with Crippen molar-refractivity contribution in [2.24, 2.45) is 0 Å². The zero-order valence-corrected chi connectivity index (χ0v) is 11.6. The maximum Gasteiger partial charge on any atom is 0.253 e. The van der Waals surface area contributed by atoms with E-state index >= 15 is 0 Å². The molecule has 1 aromatic carbocycles. The molecule has 5 nitrogen and oxygen atoms in total. The normalized spacial score (nSPS) is 18.2. The van der Waals surface area contributed by atoms with E-state index in [1.54, 1.807) is 0 Å². The molecule has 0 aromatic heterocycles. The topological polar surface area (TPSA) is 95.6 Å². The van der Waals surface area contributed by atoms with Crippen LogP contribution < -0.4 is 11.1 Å². The number of hydrogen-bond acceptors (Lipinski definition) is 4. The van der Waals surface area contributed by atoms with Gasteiger partial charge in [0.25, 0.3) is 5.91 Å². The van der Waals surface area contributed by atoms with Crippen LogP contribution in [0.3, 0.4) is 0 Å².